The number of hydrogen-bond donors (Lipinski definition) is 2. The van der Waals surface area contributed by atoms with Crippen LogP contribution in [0.15, 0.2) is 36.7 Å². The van der Waals surface area contributed by atoms with Crippen molar-refractivity contribution in [2.24, 2.45) is 0 Å². The molecular weight excluding hydrogens is 336 g/mol. The number of halogens is 1. The Morgan fingerprint density at radius 3 is 2.80 bits per heavy atom. The third-order valence-corrected chi connectivity index (χ3v) is 4.94. The summed E-state index contributed by atoms with van der Waals surface area (Å²) in [5, 5.41) is 10.7. The summed E-state index contributed by atoms with van der Waals surface area (Å²) in [5.41, 5.74) is 5.51. The van der Waals surface area contributed by atoms with Crippen LogP contribution in [-0.4, -0.2) is 21.0 Å². The van der Waals surface area contributed by atoms with Gasteiger partial charge in [0.05, 0.1) is 5.69 Å². The standard InChI is InChI=1S/C20H21ClN2O2/c1-13-16(21)9-10-17-19(13)15(7-3-2-4-8-18(24)25)20(23-17)14-6-5-11-22-12-14/h5-6,9-12,23H,2-4,7-8H2,1H3,(H,24,25). The van der Waals surface area contributed by atoms with Crippen LogP contribution in [0.3, 0.4) is 0 Å². The average Bonchev–Trinajstić information content (AvgIpc) is 2.98. The van der Waals surface area contributed by atoms with Crippen molar-refractivity contribution >= 4 is 28.5 Å². The largest absolute Gasteiger partial charge is 0.481 e. The Kier molecular flexibility index (Phi) is 5.39. The van der Waals surface area contributed by atoms with Crippen LogP contribution >= 0.6 is 11.6 Å². The van der Waals surface area contributed by atoms with E-state index in [1.807, 2.05) is 37.4 Å². The molecule has 5 heteroatoms. The fraction of sp³-hybridized carbons (Fsp3) is 0.300. The van der Waals surface area contributed by atoms with E-state index in [-0.39, 0.29) is 6.42 Å². The van der Waals surface area contributed by atoms with Gasteiger partial charge in [0.2, 0.25) is 0 Å². The highest BCUT2D eigenvalue weighted by Gasteiger charge is 2.16. The highest BCUT2D eigenvalue weighted by molar-refractivity contribution is 6.32. The molecule has 1 aromatic carbocycles. The summed E-state index contributed by atoms with van der Waals surface area (Å²) in [6, 6.07) is 7.90. The molecule has 0 spiro atoms. The van der Waals surface area contributed by atoms with Crippen LogP contribution in [0.5, 0.6) is 0 Å². The number of carboxylic acids is 1. The number of nitrogens with one attached hydrogen (secondary N) is 1. The van der Waals surface area contributed by atoms with E-state index < -0.39 is 5.97 Å². The lowest BCUT2D eigenvalue weighted by molar-refractivity contribution is -0.137. The van der Waals surface area contributed by atoms with Crippen LogP contribution in [0.4, 0.5) is 0 Å². The zero-order chi connectivity index (χ0) is 17.8. The number of rotatable bonds is 7. The first-order valence-corrected chi connectivity index (χ1v) is 8.87. The van der Waals surface area contributed by atoms with E-state index in [2.05, 4.69) is 9.97 Å². The smallest absolute Gasteiger partial charge is 0.303 e. The number of hydrogen-bond acceptors (Lipinski definition) is 2. The number of aromatic amines is 1. The summed E-state index contributed by atoms with van der Waals surface area (Å²) < 4.78 is 0. The van der Waals surface area contributed by atoms with E-state index >= 15 is 0 Å². The van der Waals surface area contributed by atoms with Crippen molar-refractivity contribution in [3.63, 3.8) is 0 Å². The number of carboxylic acid groups (broad SMARTS) is 1. The monoisotopic (exact) mass is 356 g/mol. The number of benzene rings is 1. The number of aliphatic carboxylic acids is 1. The second kappa shape index (κ2) is 7.70. The SMILES string of the molecule is Cc1c(Cl)ccc2[nH]c(-c3cccnc3)c(CCCCCC(=O)O)c12. The van der Waals surface area contributed by atoms with Gasteiger partial charge in [-0.05, 0) is 61.6 Å². The molecule has 0 atom stereocenters. The van der Waals surface area contributed by atoms with Crippen LogP contribution in [-0.2, 0) is 11.2 Å². The van der Waals surface area contributed by atoms with Crippen molar-refractivity contribution in [2.45, 2.75) is 39.0 Å². The Labute approximate surface area is 151 Å². The second-order valence-corrected chi connectivity index (χ2v) is 6.68. The van der Waals surface area contributed by atoms with Crippen LogP contribution in [0.25, 0.3) is 22.2 Å². The van der Waals surface area contributed by atoms with Crippen molar-refractivity contribution in [3.8, 4) is 11.3 Å². The Balaban J connectivity index is 1.95. The Bertz CT molecular complexity index is 888. The zero-order valence-electron chi connectivity index (χ0n) is 14.2. The number of unbranched alkanes of at least 4 members (excludes halogenated alkanes) is 2. The summed E-state index contributed by atoms with van der Waals surface area (Å²) in [7, 11) is 0. The summed E-state index contributed by atoms with van der Waals surface area (Å²) in [4.78, 5) is 18.4. The highest BCUT2D eigenvalue weighted by Crippen LogP contribution is 2.35. The first-order valence-electron chi connectivity index (χ1n) is 8.49. The number of pyridine rings is 1. The minimum absolute atomic E-state index is 0.230. The van der Waals surface area contributed by atoms with Gasteiger partial charge in [0.15, 0.2) is 0 Å². The van der Waals surface area contributed by atoms with E-state index in [9.17, 15) is 4.79 Å². The molecule has 0 aliphatic carbocycles. The first kappa shape index (κ1) is 17.5. The number of fused-ring (bicyclic) bond motifs is 1. The first-order chi connectivity index (χ1) is 12.1. The summed E-state index contributed by atoms with van der Waals surface area (Å²) >= 11 is 6.34. The van der Waals surface area contributed by atoms with Gasteiger partial charge in [0.1, 0.15) is 0 Å². The van der Waals surface area contributed by atoms with Gasteiger partial charge in [-0.1, -0.05) is 18.0 Å². The number of aromatic nitrogens is 2. The van der Waals surface area contributed by atoms with Gasteiger partial charge >= 0.3 is 5.97 Å². The maximum absolute atomic E-state index is 10.7. The van der Waals surface area contributed by atoms with Gasteiger partial charge in [-0.3, -0.25) is 9.78 Å². The van der Waals surface area contributed by atoms with Crippen LogP contribution in [0.2, 0.25) is 5.02 Å². The minimum atomic E-state index is -0.731. The van der Waals surface area contributed by atoms with Gasteiger partial charge in [-0.2, -0.15) is 0 Å². The highest BCUT2D eigenvalue weighted by atomic mass is 35.5. The molecule has 4 nitrogen and oxygen atoms in total. The van der Waals surface area contributed by atoms with Crippen LogP contribution < -0.4 is 0 Å². The molecule has 0 unspecified atom stereocenters. The molecule has 0 aliphatic heterocycles. The Hall–Kier alpha value is -2.33. The van der Waals surface area contributed by atoms with E-state index in [4.69, 9.17) is 16.7 Å². The fourth-order valence-electron chi connectivity index (χ4n) is 3.28. The number of carbonyl (C=O) groups is 1. The third-order valence-electron chi connectivity index (χ3n) is 4.53. The molecule has 2 N–H and O–H groups in total. The van der Waals surface area contributed by atoms with E-state index in [1.165, 1.54) is 10.9 Å². The lowest BCUT2D eigenvalue weighted by Crippen LogP contribution is -1.95. The summed E-state index contributed by atoms with van der Waals surface area (Å²) in [6.07, 6.45) is 7.28. The number of aryl methyl sites for hydroxylation is 2. The van der Waals surface area contributed by atoms with E-state index in [0.717, 1.165) is 46.6 Å². The normalized spacial score (nSPS) is 11.1. The van der Waals surface area contributed by atoms with Crippen molar-refractivity contribution in [1.29, 1.82) is 0 Å². The molecule has 0 amide bonds. The van der Waals surface area contributed by atoms with Crippen molar-refractivity contribution in [1.82, 2.24) is 9.97 Å². The maximum atomic E-state index is 10.7. The molecule has 0 aliphatic rings. The summed E-state index contributed by atoms with van der Waals surface area (Å²) in [6.45, 7) is 2.04. The Morgan fingerprint density at radius 2 is 2.08 bits per heavy atom. The van der Waals surface area contributed by atoms with Crippen molar-refractivity contribution in [3.05, 3.63) is 52.8 Å². The maximum Gasteiger partial charge on any atom is 0.303 e. The molecule has 0 bridgehead atoms. The lowest BCUT2D eigenvalue weighted by Gasteiger charge is -2.07. The molecular formula is C20H21ClN2O2. The molecule has 0 saturated carbocycles. The predicted octanol–water partition coefficient (Wildman–Crippen LogP) is 5.38. The molecule has 3 aromatic rings. The average molecular weight is 357 g/mol. The molecule has 130 valence electrons. The van der Waals surface area contributed by atoms with Gasteiger partial charge < -0.3 is 10.1 Å². The molecule has 0 fully saturated rings. The van der Waals surface area contributed by atoms with E-state index in [0.29, 0.717) is 6.42 Å². The molecule has 3 rings (SSSR count). The molecule has 2 aromatic heterocycles. The quantitative estimate of drug-likeness (QED) is 0.558. The van der Waals surface area contributed by atoms with Gasteiger partial charge in [0, 0.05) is 40.3 Å². The second-order valence-electron chi connectivity index (χ2n) is 6.27. The van der Waals surface area contributed by atoms with E-state index in [1.54, 1.807) is 6.20 Å². The van der Waals surface area contributed by atoms with Gasteiger partial charge in [-0.15, -0.1) is 0 Å². The third kappa shape index (κ3) is 3.85. The fourth-order valence-corrected chi connectivity index (χ4v) is 3.43. The lowest BCUT2D eigenvalue weighted by atomic mass is 9.98. The minimum Gasteiger partial charge on any atom is -0.481 e. The topological polar surface area (TPSA) is 66.0 Å². The summed E-state index contributed by atoms with van der Waals surface area (Å²) in [5.74, 6) is -0.731. The molecule has 0 saturated heterocycles. The number of nitrogens with zero attached hydrogens (tertiary/aromatic N) is 1. The van der Waals surface area contributed by atoms with Gasteiger partial charge in [-0.25, -0.2) is 0 Å². The van der Waals surface area contributed by atoms with Crippen LogP contribution in [0, 0.1) is 6.92 Å². The van der Waals surface area contributed by atoms with Gasteiger partial charge in [0.25, 0.3) is 0 Å². The predicted molar refractivity (Wildman–Crippen MR) is 101 cm³/mol. The Morgan fingerprint density at radius 1 is 1.24 bits per heavy atom. The van der Waals surface area contributed by atoms with Crippen LogP contribution in [0.1, 0.15) is 36.8 Å². The molecule has 25 heavy (non-hydrogen) atoms. The van der Waals surface area contributed by atoms with Crippen molar-refractivity contribution < 1.29 is 9.90 Å². The molecule has 2 heterocycles. The zero-order valence-corrected chi connectivity index (χ0v) is 14.9. The number of H-pyrrole nitrogens is 1. The molecule has 0 radical (unpaired) electrons. The van der Waals surface area contributed by atoms with Crippen molar-refractivity contribution in [2.75, 3.05) is 0 Å².